The van der Waals surface area contributed by atoms with Crippen molar-refractivity contribution < 1.29 is 9.53 Å². The van der Waals surface area contributed by atoms with Crippen molar-refractivity contribution in [1.82, 2.24) is 4.90 Å². The van der Waals surface area contributed by atoms with Gasteiger partial charge >= 0.3 is 0 Å². The van der Waals surface area contributed by atoms with Gasteiger partial charge in [-0.2, -0.15) is 0 Å². The molecule has 0 fully saturated rings. The Morgan fingerprint density at radius 1 is 1.11 bits per heavy atom. The van der Waals surface area contributed by atoms with Crippen LogP contribution in [0.15, 0.2) is 71.4 Å². The van der Waals surface area contributed by atoms with E-state index in [2.05, 4.69) is 18.2 Å². The minimum Gasteiger partial charge on any atom is -0.484 e. The number of ether oxygens (including phenoxy) is 1. The molecule has 1 aliphatic heterocycles. The number of rotatable bonds is 7. The van der Waals surface area contributed by atoms with Gasteiger partial charge < -0.3 is 9.64 Å². The SMILES string of the molecule is Cc1ccc(OCC(=O)N(CC2=CCC(c3ccccc3)=N2)C(C)C)cc1. The van der Waals surface area contributed by atoms with Crippen LogP contribution in [0.3, 0.4) is 0 Å². The highest BCUT2D eigenvalue weighted by molar-refractivity contribution is 6.03. The maximum Gasteiger partial charge on any atom is 0.261 e. The van der Waals surface area contributed by atoms with Crippen LogP contribution in [0, 0.1) is 6.92 Å². The van der Waals surface area contributed by atoms with Crippen molar-refractivity contribution in [2.45, 2.75) is 33.2 Å². The third-order valence-corrected chi connectivity index (χ3v) is 4.58. The monoisotopic (exact) mass is 362 g/mol. The number of carbonyl (C=O) groups excluding carboxylic acids is 1. The highest BCUT2D eigenvalue weighted by atomic mass is 16.5. The molecule has 1 aliphatic rings. The first-order valence-electron chi connectivity index (χ1n) is 9.34. The Balaban J connectivity index is 1.61. The van der Waals surface area contributed by atoms with Crippen LogP contribution in [-0.2, 0) is 4.79 Å². The van der Waals surface area contributed by atoms with Gasteiger partial charge in [-0.15, -0.1) is 0 Å². The summed E-state index contributed by atoms with van der Waals surface area (Å²) in [6, 6.07) is 18.0. The second-order valence-corrected chi connectivity index (χ2v) is 7.04. The molecule has 1 amide bonds. The van der Waals surface area contributed by atoms with Crippen LogP contribution in [0.1, 0.15) is 31.4 Å². The van der Waals surface area contributed by atoms with Gasteiger partial charge in [-0.25, -0.2) is 0 Å². The van der Waals surface area contributed by atoms with E-state index in [9.17, 15) is 4.79 Å². The summed E-state index contributed by atoms with van der Waals surface area (Å²) in [5.41, 5.74) is 4.29. The van der Waals surface area contributed by atoms with E-state index >= 15 is 0 Å². The first kappa shape index (κ1) is 18.9. The first-order chi connectivity index (χ1) is 13.0. The van der Waals surface area contributed by atoms with E-state index in [1.54, 1.807) is 0 Å². The van der Waals surface area contributed by atoms with Crippen molar-refractivity contribution >= 4 is 11.6 Å². The molecule has 0 spiro atoms. The molecule has 0 radical (unpaired) electrons. The molecule has 4 heteroatoms. The summed E-state index contributed by atoms with van der Waals surface area (Å²) >= 11 is 0. The fraction of sp³-hybridized carbons (Fsp3) is 0.304. The maximum absolute atomic E-state index is 12.7. The second-order valence-electron chi connectivity index (χ2n) is 7.04. The minimum absolute atomic E-state index is 0.0315. The predicted molar refractivity (Wildman–Crippen MR) is 109 cm³/mol. The van der Waals surface area contributed by atoms with E-state index < -0.39 is 0 Å². The van der Waals surface area contributed by atoms with Crippen molar-refractivity contribution in [2.75, 3.05) is 13.2 Å². The molecule has 0 N–H and O–H groups in total. The number of carbonyl (C=O) groups is 1. The predicted octanol–water partition coefficient (Wildman–Crippen LogP) is 4.39. The lowest BCUT2D eigenvalue weighted by Gasteiger charge is -2.26. The quantitative estimate of drug-likeness (QED) is 0.733. The van der Waals surface area contributed by atoms with Crippen LogP contribution < -0.4 is 4.74 Å². The fourth-order valence-electron chi connectivity index (χ4n) is 2.99. The molecule has 2 aromatic rings. The first-order valence-corrected chi connectivity index (χ1v) is 9.34. The number of nitrogens with zero attached hydrogens (tertiary/aromatic N) is 2. The molecule has 27 heavy (non-hydrogen) atoms. The smallest absolute Gasteiger partial charge is 0.261 e. The van der Waals surface area contributed by atoms with Gasteiger partial charge in [-0.3, -0.25) is 9.79 Å². The lowest BCUT2D eigenvalue weighted by molar-refractivity contribution is -0.134. The normalized spacial score (nSPS) is 13.3. The highest BCUT2D eigenvalue weighted by Crippen LogP contribution is 2.19. The number of hydrogen-bond donors (Lipinski definition) is 0. The number of aryl methyl sites for hydroxylation is 1. The van der Waals surface area contributed by atoms with E-state index in [0.29, 0.717) is 12.3 Å². The maximum atomic E-state index is 12.7. The Morgan fingerprint density at radius 3 is 2.48 bits per heavy atom. The molecule has 0 saturated heterocycles. The lowest BCUT2D eigenvalue weighted by Crippen LogP contribution is -2.41. The van der Waals surface area contributed by atoms with Crippen LogP contribution in [0.4, 0.5) is 0 Å². The van der Waals surface area contributed by atoms with Crippen molar-refractivity contribution in [3.05, 3.63) is 77.5 Å². The molecular weight excluding hydrogens is 336 g/mol. The second kappa shape index (κ2) is 8.67. The lowest BCUT2D eigenvalue weighted by atomic mass is 10.1. The van der Waals surface area contributed by atoms with E-state index in [-0.39, 0.29) is 18.6 Å². The van der Waals surface area contributed by atoms with Gasteiger partial charge in [0.2, 0.25) is 0 Å². The van der Waals surface area contributed by atoms with Gasteiger partial charge in [0.25, 0.3) is 5.91 Å². The van der Waals surface area contributed by atoms with Crippen LogP contribution in [0.5, 0.6) is 5.75 Å². The third-order valence-electron chi connectivity index (χ3n) is 4.58. The van der Waals surface area contributed by atoms with E-state index in [1.165, 1.54) is 0 Å². The van der Waals surface area contributed by atoms with Crippen molar-refractivity contribution in [3.8, 4) is 5.75 Å². The number of aliphatic imine (C=N–C) groups is 1. The Labute approximate surface area is 161 Å². The largest absolute Gasteiger partial charge is 0.484 e. The van der Waals surface area contributed by atoms with Crippen LogP contribution in [0.25, 0.3) is 0 Å². The summed E-state index contributed by atoms with van der Waals surface area (Å²) in [5, 5.41) is 0. The summed E-state index contributed by atoms with van der Waals surface area (Å²) in [6.07, 6.45) is 2.91. The molecule has 0 saturated carbocycles. The third kappa shape index (κ3) is 5.07. The molecule has 140 valence electrons. The van der Waals surface area contributed by atoms with E-state index in [4.69, 9.17) is 9.73 Å². The zero-order valence-electron chi connectivity index (χ0n) is 16.2. The van der Waals surface area contributed by atoms with Gasteiger partial charge in [0.1, 0.15) is 5.75 Å². The van der Waals surface area contributed by atoms with Crippen molar-refractivity contribution in [1.29, 1.82) is 0 Å². The molecule has 0 unspecified atom stereocenters. The Bertz CT molecular complexity index is 836. The summed E-state index contributed by atoms with van der Waals surface area (Å²) in [4.78, 5) is 19.2. The Morgan fingerprint density at radius 2 is 1.81 bits per heavy atom. The summed E-state index contributed by atoms with van der Waals surface area (Å²) in [7, 11) is 0. The van der Waals surface area contributed by atoms with Gasteiger partial charge in [-0.1, -0.05) is 54.1 Å². The number of benzene rings is 2. The number of amides is 1. The van der Waals surface area contributed by atoms with Gasteiger partial charge in [0, 0.05) is 12.5 Å². The van der Waals surface area contributed by atoms with Crippen molar-refractivity contribution in [3.63, 3.8) is 0 Å². The molecule has 2 aromatic carbocycles. The zero-order valence-corrected chi connectivity index (χ0v) is 16.2. The number of allylic oxidation sites excluding steroid dienone is 1. The molecule has 0 aromatic heterocycles. The zero-order chi connectivity index (χ0) is 19.2. The Hall–Kier alpha value is -2.88. The fourth-order valence-corrected chi connectivity index (χ4v) is 2.99. The van der Waals surface area contributed by atoms with Gasteiger partial charge in [0.05, 0.1) is 18.0 Å². The van der Waals surface area contributed by atoms with E-state index in [1.807, 2.05) is 68.1 Å². The van der Waals surface area contributed by atoms with E-state index in [0.717, 1.165) is 29.0 Å². The molecule has 1 heterocycles. The summed E-state index contributed by atoms with van der Waals surface area (Å²) in [6.45, 7) is 6.59. The molecule has 0 atom stereocenters. The van der Waals surface area contributed by atoms with Crippen molar-refractivity contribution in [2.24, 2.45) is 4.99 Å². The van der Waals surface area contributed by atoms with Gasteiger partial charge in [0.15, 0.2) is 6.61 Å². The number of hydrogen-bond acceptors (Lipinski definition) is 3. The highest BCUT2D eigenvalue weighted by Gasteiger charge is 2.21. The average Bonchev–Trinajstić information content (AvgIpc) is 3.15. The molecule has 4 nitrogen and oxygen atoms in total. The standard InChI is InChI=1S/C23H26N2O2/c1-17(2)25(23(26)16-27-21-12-9-18(3)10-13-21)15-20-11-14-22(24-20)19-7-5-4-6-8-19/h4-13,17H,14-16H2,1-3H3. The van der Waals surface area contributed by atoms with Crippen LogP contribution in [-0.4, -0.2) is 35.7 Å². The molecule has 3 rings (SSSR count). The topological polar surface area (TPSA) is 41.9 Å². The molecule has 0 bridgehead atoms. The van der Waals surface area contributed by atoms with Crippen LogP contribution in [0.2, 0.25) is 0 Å². The summed E-state index contributed by atoms with van der Waals surface area (Å²) < 4.78 is 5.66. The van der Waals surface area contributed by atoms with Crippen LogP contribution >= 0.6 is 0 Å². The molecular formula is C23H26N2O2. The molecule has 0 aliphatic carbocycles. The summed E-state index contributed by atoms with van der Waals surface area (Å²) in [5.74, 6) is 0.678. The Kier molecular flexibility index (Phi) is 6.07. The van der Waals surface area contributed by atoms with Gasteiger partial charge in [-0.05, 0) is 38.5 Å². The average molecular weight is 362 g/mol. The minimum atomic E-state index is -0.0326.